The highest BCUT2D eigenvalue weighted by atomic mass is 79.9. The van der Waals surface area contributed by atoms with Gasteiger partial charge in [-0.15, -0.1) is 0 Å². The van der Waals surface area contributed by atoms with E-state index < -0.39 is 17.7 Å². The Labute approximate surface area is 223 Å². The topological polar surface area (TPSA) is 92.2 Å². The first-order chi connectivity index (χ1) is 16.6. The van der Waals surface area contributed by atoms with Gasteiger partial charge in [0.15, 0.2) is 0 Å². The Kier molecular flexibility index (Phi) is 7.30. The third-order valence-electron chi connectivity index (χ3n) is 5.37. The molecule has 0 atom stereocenters. The Morgan fingerprint density at radius 2 is 1.54 bits per heavy atom. The molecule has 0 saturated carbocycles. The van der Waals surface area contributed by atoms with Crippen LogP contribution in [0, 0.1) is 13.8 Å². The van der Waals surface area contributed by atoms with E-state index in [1.165, 1.54) is 4.68 Å². The number of fused-ring (bicyclic) bond motifs is 1. The van der Waals surface area contributed by atoms with Crippen LogP contribution in [0.3, 0.4) is 0 Å². The summed E-state index contributed by atoms with van der Waals surface area (Å²) in [5.74, 6) is -2.28. The lowest BCUT2D eigenvalue weighted by molar-refractivity contribution is -0.133. The van der Waals surface area contributed by atoms with Crippen molar-refractivity contribution in [1.29, 1.82) is 0 Å². The normalized spacial score (nSPS) is 10.8. The van der Waals surface area contributed by atoms with Crippen LogP contribution in [0.1, 0.15) is 21.6 Å². The van der Waals surface area contributed by atoms with Gasteiger partial charge in [-0.3, -0.25) is 19.8 Å². The van der Waals surface area contributed by atoms with Crippen LogP contribution in [0.2, 0.25) is 5.02 Å². The number of amides is 3. The molecule has 4 aromatic rings. The maximum atomic E-state index is 13.2. The van der Waals surface area contributed by atoms with Gasteiger partial charge in [0.1, 0.15) is 5.69 Å². The van der Waals surface area contributed by atoms with Crippen LogP contribution in [-0.4, -0.2) is 22.4 Å². The number of halogens is 3. The molecule has 1 aromatic heterocycles. The fourth-order valence-electron chi connectivity index (χ4n) is 3.50. The summed E-state index contributed by atoms with van der Waals surface area (Å²) in [5, 5.41) is 6.63. The third-order valence-corrected chi connectivity index (χ3v) is 6.76. The minimum absolute atomic E-state index is 0.137. The van der Waals surface area contributed by atoms with Gasteiger partial charge >= 0.3 is 11.8 Å². The Morgan fingerprint density at radius 3 is 2.29 bits per heavy atom. The summed E-state index contributed by atoms with van der Waals surface area (Å²) in [7, 11) is 0. The second-order valence-corrected chi connectivity index (χ2v) is 10.0. The van der Waals surface area contributed by atoms with Crippen molar-refractivity contribution >= 4 is 83.5 Å². The Morgan fingerprint density at radius 1 is 0.829 bits per heavy atom. The molecule has 0 unspecified atom stereocenters. The highest BCUT2D eigenvalue weighted by molar-refractivity contribution is 9.10. The summed E-state index contributed by atoms with van der Waals surface area (Å²) in [6.07, 6.45) is 0. The molecule has 0 aliphatic carbocycles. The molecule has 3 amide bonds. The van der Waals surface area contributed by atoms with E-state index in [-0.39, 0.29) is 5.69 Å². The molecular formula is C25H19Br2ClN4O3. The highest BCUT2D eigenvalue weighted by Crippen LogP contribution is 2.26. The van der Waals surface area contributed by atoms with Crippen molar-refractivity contribution in [3.05, 3.63) is 91.5 Å². The number of hydrogen-bond acceptors (Lipinski definition) is 3. The van der Waals surface area contributed by atoms with E-state index in [0.29, 0.717) is 32.9 Å². The van der Waals surface area contributed by atoms with Gasteiger partial charge in [-0.1, -0.05) is 49.5 Å². The monoisotopic (exact) mass is 616 g/mol. The number of carbonyl (C=O) groups excluding carboxylic acids is 3. The minimum Gasteiger partial charge on any atom is -0.320 e. The second kappa shape index (κ2) is 10.2. The van der Waals surface area contributed by atoms with E-state index in [0.717, 1.165) is 14.5 Å². The maximum absolute atomic E-state index is 13.2. The van der Waals surface area contributed by atoms with Gasteiger partial charge in [0.05, 0.1) is 5.52 Å². The molecule has 0 fully saturated rings. The van der Waals surface area contributed by atoms with Crippen molar-refractivity contribution < 1.29 is 14.4 Å². The van der Waals surface area contributed by atoms with E-state index in [9.17, 15) is 14.4 Å². The molecule has 0 spiro atoms. The number of hydrogen-bond donors (Lipinski definition) is 3. The number of aryl methyl sites for hydroxylation is 1. The van der Waals surface area contributed by atoms with Crippen LogP contribution in [0.15, 0.2) is 69.6 Å². The van der Waals surface area contributed by atoms with Crippen LogP contribution in [0.4, 0.5) is 11.4 Å². The molecule has 0 aliphatic rings. The highest BCUT2D eigenvalue weighted by Gasteiger charge is 2.22. The Hall–Kier alpha value is -3.14. The van der Waals surface area contributed by atoms with E-state index in [1.54, 1.807) is 55.5 Å². The maximum Gasteiger partial charge on any atom is 0.328 e. The molecule has 10 heteroatoms. The van der Waals surface area contributed by atoms with Crippen LogP contribution < -0.4 is 16.1 Å². The lowest BCUT2D eigenvalue weighted by atomic mass is 10.2. The van der Waals surface area contributed by atoms with Gasteiger partial charge in [-0.25, -0.2) is 4.68 Å². The van der Waals surface area contributed by atoms with Crippen LogP contribution in [-0.2, 0) is 9.59 Å². The number of carbonyl (C=O) groups is 3. The molecule has 0 radical (unpaired) electrons. The molecular weight excluding hydrogens is 600 g/mol. The number of nitrogens with zero attached hydrogens (tertiary/aromatic N) is 1. The third kappa shape index (κ3) is 5.42. The molecule has 3 aromatic carbocycles. The SMILES string of the molecule is Cc1cc(Br)ccc1NC(=O)C(=O)Nn1c(C(=O)Nc2cccc(Cl)c2C)cc2cc(Br)ccc21. The molecule has 178 valence electrons. The van der Waals surface area contributed by atoms with Crippen LogP contribution in [0.25, 0.3) is 10.9 Å². The van der Waals surface area contributed by atoms with Crippen molar-refractivity contribution in [2.45, 2.75) is 13.8 Å². The van der Waals surface area contributed by atoms with E-state index in [4.69, 9.17) is 11.6 Å². The molecule has 0 bridgehead atoms. The zero-order valence-electron chi connectivity index (χ0n) is 18.6. The number of nitrogens with one attached hydrogen (secondary N) is 3. The first-order valence-corrected chi connectivity index (χ1v) is 12.4. The van der Waals surface area contributed by atoms with E-state index in [2.05, 4.69) is 47.9 Å². The van der Waals surface area contributed by atoms with E-state index in [1.807, 2.05) is 19.1 Å². The predicted molar refractivity (Wildman–Crippen MR) is 146 cm³/mol. The first-order valence-electron chi connectivity index (χ1n) is 10.4. The molecule has 0 saturated heterocycles. The van der Waals surface area contributed by atoms with Crippen LogP contribution >= 0.6 is 43.5 Å². The second-order valence-electron chi connectivity index (χ2n) is 7.79. The molecule has 1 heterocycles. The van der Waals surface area contributed by atoms with Crippen molar-refractivity contribution in [3.63, 3.8) is 0 Å². The number of rotatable bonds is 4. The molecule has 35 heavy (non-hydrogen) atoms. The molecule has 7 nitrogen and oxygen atoms in total. The van der Waals surface area contributed by atoms with Gasteiger partial charge < -0.3 is 10.6 Å². The molecule has 0 aliphatic heterocycles. The van der Waals surface area contributed by atoms with Gasteiger partial charge in [-0.05, 0) is 79.6 Å². The van der Waals surface area contributed by atoms with E-state index >= 15 is 0 Å². The fourth-order valence-corrected chi connectivity index (χ4v) is 4.53. The lowest BCUT2D eigenvalue weighted by Crippen LogP contribution is -2.36. The van der Waals surface area contributed by atoms with Crippen molar-refractivity contribution in [3.8, 4) is 0 Å². The molecule has 3 N–H and O–H groups in total. The van der Waals surface area contributed by atoms with Crippen LogP contribution in [0.5, 0.6) is 0 Å². The number of anilines is 2. The van der Waals surface area contributed by atoms with Crippen molar-refractivity contribution in [2.24, 2.45) is 0 Å². The Bertz CT molecular complexity index is 1500. The predicted octanol–water partition coefficient (Wildman–Crippen LogP) is 6.40. The Balaban J connectivity index is 1.65. The quantitative estimate of drug-likeness (QED) is 0.231. The summed E-state index contributed by atoms with van der Waals surface area (Å²) in [5.41, 5.74) is 5.77. The van der Waals surface area contributed by atoms with Gasteiger partial charge in [0.2, 0.25) is 0 Å². The van der Waals surface area contributed by atoms with Crippen molar-refractivity contribution in [2.75, 3.05) is 16.1 Å². The van der Waals surface area contributed by atoms with Gasteiger partial charge in [-0.2, -0.15) is 0 Å². The summed E-state index contributed by atoms with van der Waals surface area (Å²) in [4.78, 5) is 38.7. The number of benzene rings is 3. The summed E-state index contributed by atoms with van der Waals surface area (Å²) in [6.45, 7) is 3.61. The lowest BCUT2D eigenvalue weighted by Gasteiger charge is -2.14. The average molecular weight is 619 g/mol. The van der Waals surface area contributed by atoms with Gasteiger partial charge in [0, 0.05) is 30.7 Å². The largest absolute Gasteiger partial charge is 0.328 e. The summed E-state index contributed by atoms with van der Waals surface area (Å²) >= 11 is 13.0. The molecule has 4 rings (SSSR count). The van der Waals surface area contributed by atoms with Gasteiger partial charge in [0.25, 0.3) is 5.91 Å². The first kappa shape index (κ1) is 25.0. The average Bonchev–Trinajstić information content (AvgIpc) is 3.16. The fraction of sp³-hybridized carbons (Fsp3) is 0.0800. The minimum atomic E-state index is -0.930. The smallest absolute Gasteiger partial charge is 0.320 e. The standard InChI is InChI=1S/C25H19Br2ClN4O3/c1-13-10-16(26)6-8-19(13)29-24(34)25(35)31-32-21-9-7-17(27)11-15(21)12-22(32)23(33)30-20-5-3-4-18(28)14(20)2/h3-12H,1-2H3,(H,29,34)(H,30,33)(H,31,35). The van der Waals surface area contributed by atoms with Crippen molar-refractivity contribution in [1.82, 2.24) is 4.68 Å². The zero-order valence-corrected chi connectivity index (χ0v) is 22.5. The summed E-state index contributed by atoms with van der Waals surface area (Å²) in [6, 6.07) is 17.4. The zero-order chi connectivity index (χ0) is 25.3. The summed E-state index contributed by atoms with van der Waals surface area (Å²) < 4.78 is 2.95. The number of aromatic nitrogens is 1.